The first kappa shape index (κ1) is 15.1. The lowest BCUT2D eigenvalue weighted by Crippen LogP contribution is -2.15. The number of ether oxygens (including phenoxy) is 2. The molecule has 0 fully saturated rings. The van der Waals surface area contributed by atoms with Crippen LogP contribution in [0.15, 0.2) is 30.3 Å². The number of benzene rings is 2. The molecule has 0 atom stereocenters. The van der Waals surface area contributed by atoms with Crippen molar-refractivity contribution in [2.75, 3.05) is 12.1 Å². The number of hydrogen-bond acceptors (Lipinski definition) is 4. The number of carbonyl (C=O) groups is 2. The molecule has 23 heavy (non-hydrogen) atoms. The van der Waals surface area contributed by atoms with Gasteiger partial charge in [-0.1, -0.05) is 17.7 Å². The third-order valence-electron chi connectivity index (χ3n) is 3.77. The molecule has 3 rings (SSSR count). The number of carbonyl (C=O) groups excluding carboxylic acids is 2. The third-order valence-corrected chi connectivity index (χ3v) is 3.77. The summed E-state index contributed by atoms with van der Waals surface area (Å²) in [6.07, 6.45) is 0. The molecule has 1 amide bonds. The van der Waals surface area contributed by atoms with Crippen molar-refractivity contribution in [3.05, 3.63) is 52.6 Å². The van der Waals surface area contributed by atoms with Crippen LogP contribution in [0.4, 0.5) is 5.69 Å². The molecule has 0 aromatic heterocycles. The van der Waals surface area contributed by atoms with Gasteiger partial charge in [0.1, 0.15) is 0 Å². The van der Waals surface area contributed by atoms with Crippen molar-refractivity contribution >= 4 is 17.4 Å². The fourth-order valence-corrected chi connectivity index (χ4v) is 2.59. The van der Waals surface area contributed by atoms with Gasteiger partial charge in [0.25, 0.3) is 5.91 Å². The van der Waals surface area contributed by atoms with E-state index in [0.717, 1.165) is 11.1 Å². The second-order valence-corrected chi connectivity index (χ2v) is 5.58. The molecule has 2 aromatic carbocycles. The van der Waals surface area contributed by atoms with Gasteiger partial charge in [0, 0.05) is 17.2 Å². The third kappa shape index (κ3) is 2.90. The Kier molecular flexibility index (Phi) is 3.78. The molecular formula is C18H17NO4. The maximum Gasteiger partial charge on any atom is 0.255 e. The first-order valence-electron chi connectivity index (χ1n) is 7.29. The number of amides is 1. The number of rotatable bonds is 3. The van der Waals surface area contributed by atoms with E-state index in [9.17, 15) is 9.59 Å². The van der Waals surface area contributed by atoms with E-state index in [1.54, 1.807) is 18.2 Å². The minimum atomic E-state index is -0.260. The second kappa shape index (κ2) is 5.76. The van der Waals surface area contributed by atoms with Crippen LogP contribution in [0.3, 0.4) is 0 Å². The van der Waals surface area contributed by atoms with Crippen LogP contribution >= 0.6 is 0 Å². The molecule has 0 bridgehead atoms. The van der Waals surface area contributed by atoms with Crippen LogP contribution in [0.5, 0.6) is 11.5 Å². The molecule has 5 nitrogen and oxygen atoms in total. The molecule has 1 N–H and O–H groups in total. The normalized spacial score (nSPS) is 12.1. The highest BCUT2D eigenvalue weighted by atomic mass is 16.7. The summed E-state index contributed by atoms with van der Waals surface area (Å²) in [6, 6.07) is 8.83. The Morgan fingerprint density at radius 1 is 1.00 bits per heavy atom. The van der Waals surface area contributed by atoms with Gasteiger partial charge in [-0.2, -0.15) is 0 Å². The van der Waals surface area contributed by atoms with Crippen molar-refractivity contribution in [3.63, 3.8) is 0 Å². The van der Waals surface area contributed by atoms with Crippen LogP contribution < -0.4 is 14.8 Å². The maximum absolute atomic E-state index is 12.5. The van der Waals surface area contributed by atoms with Gasteiger partial charge in [0.2, 0.25) is 6.79 Å². The molecule has 0 saturated heterocycles. The summed E-state index contributed by atoms with van der Waals surface area (Å²) >= 11 is 0. The highest BCUT2D eigenvalue weighted by Crippen LogP contribution is 2.37. The van der Waals surface area contributed by atoms with Crippen molar-refractivity contribution in [2.24, 2.45) is 0 Å². The minimum Gasteiger partial charge on any atom is -0.454 e. The van der Waals surface area contributed by atoms with Gasteiger partial charge < -0.3 is 14.8 Å². The van der Waals surface area contributed by atoms with Gasteiger partial charge in [0.15, 0.2) is 17.3 Å². The summed E-state index contributed by atoms with van der Waals surface area (Å²) in [7, 11) is 0. The zero-order valence-corrected chi connectivity index (χ0v) is 13.2. The van der Waals surface area contributed by atoms with E-state index in [4.69, 9.17) is 9.47 Å². The van der Waals surface area contributed by atoms with Gasteiger partial charge in [-0.3, -0.25) is 9.59 Å². The predicted molar refractivity (Wildman–Crippen MR) is 86.4 cm³/mol. The lowest BCUT2D eigenvalue weighted by Gasteiger charge is -2.12. The zero-order chi connectivity index (χ0) is 16.6. The fourth-order valence-electron chi connectivity index (χ4n) is 2.59. The molecule has 118 valence electrons. The second-order valence-electron chi connectivity index (χ2n) is 5.58. The zero-order valence-electron chi connectivity index (χ0n) is 13.2. The van der Waals surface area contributed by atoms with Gasteiger partial charge in [-0.05, 0) is 38.5 Å². The Bertz CT molecular complexity index is 811. The molecule has 0 saturated carbocycles. The molecule has 0 unspecified atom stereocenters. The summed E-state index contributed by atoms with van der Waals surface area (Å²) in [5, 5.41) is 2.80. The Labute approximate surface area is 134 Å². The molecule has 0 spiro atoms. The number of nitrogens with one attached hydrogen (secondary N) is 1. The van der Waals surface area contributed by atoms with Crippen molar-refractivity contribution in [1.29, 1.82) is 0 Å². The standard InChI is InChI=1S/C18H17NO4/c1-10-4-5-13(11(2)6-10)18(21)19-15-8-17-16(22-9-23-17)7-14(15)12(3)20/h4-8H,9H2,1-3H3,(H,19,21). The molecule has 2 aromatic rings. The van der Waals surface area contributed by atoms with Crippen molar-refractivity contribution in [2.45, 2.75) is 20.8 Å². The maximum atomic E-state index is 12.5. The Hall–Kier alpha value is -2.82. The highest BCUT2D eigenvalue weighted by Gasteiger charge is 2.21. The van der Waals surface area contributed by atoms with Crippen LogP contribution in [0.1, 0.15) is 38.8 Å². The van der Waals surface area contributed by atoms with E-state index < -0.39 is 0 Å². The lowest BCUT2D eigenvalue weighted by atomic mass is 10.0. The largest absolute Gasteiger partial charge is 0.454 e. The van der Waals surface area contributed by atoms with E-state index in [0.29, 0.717) is 28.3 Å². The number of fused-ring (bicyclic) bond motifs is 1. The van der Waals surface area contributed by atoms with Gasteiger partial charge in [-0.15, -0.1) is 0 Å². The minimum absolute atomic E-state index is 0.112. The Morgan fingerprint density at radius 3 is 2.35 bits per heavy atom. The SMILES string of the molecule is CC(=O)c1cc2c(cc1NC(=O)c1ccc(C)cc1C)OCO2. The first-order chi connectivity index (χ1) is 11.0. The number of hydrogen-bond donors (Lipinski definition) is 1. The van der Waals surface area contributed by atoms with Gasteiger partial charge in [0.05, 0.1) is 5.69 Å². The summed E-state index contributed by atoms with van der Waals surface area (Å²) < 4.78 is 10.6. The lowest BCUT2D eigenvalue weighted by molar-refractivity contribution is 0.101. The summed E-state index contributed by atoms with van der Waals surface area (Å²) in [4.78, 5) is 24.4. The van der Waals surface area contributed by atoms with Crippen LogP contribution in [0, 0.1) is 13.8 Å². The molecule has 5 heteroatoms. The van der Waals surface area contributed by atoms with Crippen molar-refractivity contribution in [3.8, 4) is 11.5 Å². The summed E-state index contributed by atoms with van der Waals surface area (Å²) in [5.41, 5.74) is 3.36. The molecule has 0 aliphatic carbocycles. The van der Waals surface area contributed by atoms with Crippen molar-refractivity contribution in [1.82, 2.24) is 0 Å². The predicted octanol–water partition coefficient (Wildman–Crippen LogP) is 3.49. The number of aryl methyl sites for hydroxylation is 2. The van der Waals surface area contributed by atoms with E-state index in [1.807, 2.05) is 26.0 Å². The Balaban J connectivity index is 1.96. The first-order valence-corrected chi connectivity index (χ1v) is 7.29. The summed E-state index contributed by atoms with van der Waals surface area (Å²) in [5.74, 6) is 0.619. The van der Waals surface area contributed by atoms with Gasteiger partial charge in [-0.25, -0.2) is 0 Å². The van der Waals surface area contributed by atoms with Gasteiger partial charge >= 0.3 is 0 Å². The smallest absolute Gasteiger partial charge is 0.255 e. The summed E-state index contributed by atoms with van der Waals surface area (Å²) in [6.45, 7) is 5.42. The van der Waals surface area contributed by atoms with Crippen molar-refractivity contribution < 1.29 is 19.1 Å². The number of anilines is 1. The molecular weight excluding hydrogens is 294 g/mol. The number of Topliss-reactive ketones (excluding diaryl/α,β-unsaturated/α-hetero) is 1. The monoisotopic (exact) mass is 311 g/mol. The number of ketones is 1. The van der Waals surface area contributed by atoms with Crippen LogP contribution in [-0.2, 0) is 0 Å². The van der Waals surface area contributed by atoms with Crippen LogP contribution in [0.2, 0.25) is 0 Å². The fraction of sp³-hybridized carbons (Fsp3) is 0.222. The molecule has 0 radical (unpaired) electrons. The molecule has 1 heterocycles. The highest BCUT2D eigenvalue weighted by molar-refractivity contribution is 6.10. The molecule has 1 aliphatic rings. The average molecular weight is 311 g/mol. The van der Waals surface area contributed by atoms with E-state index in [2.05, 4.69) is 5.32 Å². The molecule has 1 aliphatic heterocycles. The average Bonchev–Trinajstić information content (AvgIpc) is 2.93. The van der Waals surface area contributed by atoms with E-state index >= 15 is 0 Å². The topological polar surface area (TPSA) is 64.6 Å². The Morgan fingerprint density at radius 2 is 1.70 bits per heavy atom. The van der Waals surface area contributed by atoms with Crippen LogP contribution in [0.25, 0.3) is 0 Å². The van der Waals surface area contributed by atoms with Crippen LogP contribution in [-0.4, -0.2) is 18.5 Å². The van der Waals surface area contributed by atoms with E-state index in [-0.39, 0.29) is 18.5 Å². The quantitative estimate of drug-likeness (QED) is 0.881. The van der Waals surface area contributed by atoms with E-state index in [1.165, 1.54) is 6.92 Å².